The van der Waals surface area contributed by atoms with E-state index in [4.69, 9.17) is 5.73 Å². The second-order valence-corrected chi connectivity index (χ2v) is 6.81. The van der Waals surface area contributed by atoms with Gasteiger partial charge in [0.1, 0.15) is 17.2 Å². The van der Waals surface area contributed by atoms with Gasteiger partial charge in [-0.3, -0.25) is 4.68 Å². The minimum atomic E-state index is 0.172. The molecule has 0 aliphatic heterocycles. The number of thioether (sulfide) groups is 1. The maximum Gasteiger partial charge on any atom is 0.232 e. The third-order valence-electron chi connectivity index (χ3n) is 3.92. The Morgan fingerprint density at radius 1 is 1.15 bits per heavy atom. The molecule has 0 saturated heterocycles. The van der Waals surface area contributed by atoms with Crippen molar-refractivity contribution in [2.24, 2.45) is 7.05 Å². The second-order valence-electron chi connectivity index (χ2n) is 5.85. The van der Waals surface area contributed by atoms with Crippen molar-refractivity contribution in [3.8, 4) is 0 Å². The molecular formula is C17H17N9S. The Balaban J connectivity index is 1.55. The molecule has 3 aromatic heterocycles. The minimum Gasteiger partial charge on any atom is -0.368 e. The average molecular weight is 379 g/mol. The van der Waals surface area contributed by atoms with Crippen LogP contribution in [0.3, 0.4) is 0 Å². The second kappa shape index (κ2) is 7.16. The highest BCUT2D eigenvalue weighted by Gasteiger charge is 2.11. The lowest BCUT2D eigenvalue weighted by atomic mass is 10.2. The smallest absolute Gasteiger partial charge is 0.232 e. The number of para-hydroxylation sites is 1. The van der Waals surface area contributed by atoms with Crippen molar-refractivity contribution >= 4 is 40.4 Å². The summed E-state index contributed by atoms with van der Waals surface area (Å²) in [5.74, 6) is 1.66. The molecule has 0 fully saturated rings. The first-order valence-corrected chi connectivity index (χ1v) is 9.17. The fourth-order valence-electron chi connectivity index (χ4n) is 2.58. The van der Waals surface area contributed by atoms with Crippen LogP contribution in [0.25, 0.3) is 11.0 Å². The lowest BCUT2D eigenvalue weighted by Gasteiger charge is -2.09. The van der Waals surface area contributed by atoms with E-state index in [-0.39, 0.29) is 5.95 Å². The predicted molar refractivity (Wildman–Crippen MR) is 105 cm³/mol. The van der Waals surface area contributed by atoms with E-state index in [0.717, 1.165) is 27.3 Å². The van der Waals surface area contributed by atoms with Gasteiger partial charge in [0, 0.05) is 12.7 Å². The summed E-state index contributed by atoms with van der Waals surface area (Å²) in [6.45, 7) is 2.01. The number of fused-ring (bicyclic) bond motifs is 1. The van der Waals surface area contributed by atoms with Crippen LogP contribution in [0, 0.1) is 6.92 Å². The molecular weight excluding hydrogens is 362 g/mol. The summed E-state index contributed by atoms with van der Waals surface area (Å²) in [6, 6.07) is 7.90. The Hall–Kier alpha value is -3.27. The fourth-order valence-corrected chi connectivity index (χ4v) is 3.40. The first-order chi connectivity index (χ1) is 13.1. The van der Waals surface area contributed by atoms with Crippen LogP contribution in [-0.2, 0) is 12.8 Å². The third-order valence-corrected chi connectivity index (χ3v) is 4.92. The van der Waals surface area contributed by atoms with Gasteiger partial charge in [-0.2, -0.15) is 20.1 Å². The fraction of sp³-hybridized carbons (Fsp3) is 0.176. The normalized spacial score (nSPS) is 11.0. The molecule has 9 nitrogen and oxygen atoms in total. The molecule has 0 aliphatic carbocycles. The molecule has 0 bridgehead atoms. The Bertz CT molecular complexity index is 1110. The van der Waals surface area contributed by atoms with Crippen LogP contribution in [0.4, 0.5) is 17.6 Å². The monoisotopic (exact) mass is 379 g/mol. The Kier molecular flexibility index (Phi) is 4.55. The Morgan fingerprint density at radius 3 is 2.85 bits per heavy atom. The highest BCUT2D eigenvalue weighted by molar-refractivity contribution is 7.98. The molecule has 0 amide bonds. The molecule has 27 heavy (non-hydrogen) atoms. The van der Waals surface area contributed by atoms with E-state index < -0.39 is 0 Å². The van der Waals surface area contributed by atoms with E-state index in [9.17, 15) is 0 Å². The number of nitrogen functional groups attached to an aromatic ring is 1. The van der Waals surface area contributed by atoms with Gasteiger partial charge in [-0.05, 0) is 18.6 Å². The number of hydrogen-bond acceptors (Lipinski definition) is 9. The van der Waals surface area contributed by atoms with Crippen molar-refractivity contribution in [1.82, 2.24) is 34.7 Å². The average Bonchev–Trinajstić information content (AvgIpc) is 3.03. The summed E-state index contributed by atoms with van der Waals surface area (Å²) in [5, 5.41) is 9.13. The SMILES string of the molecule is Cc1ccccc1Nc1nc(N)nc(CSc2ncnc3c2cnn3C)n1. The van der Waals surface area contributed by atoms with Crippen LogP contribution >= 0.6 is 11.8 Å². The van der Waals surface area contributed by atoms with Gasteiger partial charge in [-0.25, -0.2) is 9.97 Å². The Labute approximate surface area is 159 Å². The van der Waals surface area contributed by atoms with Gasteiger partial charge >= 0.3 is 0 Å². The number of benzene rings is 1. The largest absolute Gasteiger partial charge is 0.368 e. The van der Waals surface area contributed by atoms with Gasteiger partial charge in [-0.15, -0.1) is 0 Å². The summed E-state index contributed by atoms with van der Waals surface area (Å²) < 4.78 is 1.71. The van der Waals surface area contributed by atoms with Crippen molar-refractivity contribution in [3.63, 3.8) is 0 Å². The topological polar surface area (TPSA) is 120 Å². The molecule has 0 atom stereocenters. The van der Waals surface area contributed by atoms with Gasteiger partial charge < -0.3 is 11.1 Å². The predicted octanol–water partition coefficient (Wildman–Crippen LogP) is 2.47. The summed E-state index contributed by atoms with van der Waals surface area (Å²) in [7, 11) is 1.85. The first kappa shape index (κ1) is 17.2. The molecule has 4 aromatic rings. The summed E-state index contributed by atoms with van der Waals surface area (Å²) in [6.07, 6.45) is 3.28. The van der Waals surface area contributed by atoms with Crippen LogP contribution in [0.2, 0.25) is 0 Å². The maximum absolute atomic E-state index is 5.86. The summed E-state index contributed by atoms with van der Waals surface area (Å²) in [5.41, 5.74) is 8.66. The summed E-state index contributed by atoms with van der Waals surface area (Å²) >= 11 is 1.50. The highest BCUT2D eigenvalue weighted by atomic mass is 32.2. The van der Waals surface area contributed by atoms with Gasteiger partial charge in [0.25, 0.3) is 0 Å². The lowest BCUT2D eigenvalue weighted by molar-refractivity contribution is 0.784. The van der Waals surface area contributed by atoms with Crippen molar-refractivity contribution < 1.29 is 0 Å². The number of nitrogens with two attached hydrogens (primary N) is 1. The van der Waals surface area contributed by atoms with E-state index in [1.165, 1.54) is 18.1 Å². The number of anilines is 3. The van der Waals surface area contributed by atoms with Gasteiger partial charge in [-0.1, -0.05) is 30.0 Å². The molecule has 4 rings (SSSR count). The zero-order valence-electron chi connectivity index (χ0n) is 14.8. The molecule has 3 heterocycles. The zero-order chi connectivity index (χ0) is 18.8. The van der Waals surface area contributed by atoms with Crippen molar-refractivity contribution in [2.75, 3.05) is 11.1 Å². The number of aryl methyl sites for hydroxylation is 2. The van der Waals surface area contributed by atoms with Crippen LogP contribution in [0.15, 0.2) is 41.8 Å². The van der Waals surface area contributed by atoms with Crippen LogP contribution in [-0.4, -0.2) is 34.7 Å². The molecule has 3 N–H and O–H groups in total. The first-order valence-electron chi connectivity index (χ1n) is 8.19. The summed E-state index contributed by atoms with van der Waals surface area (Å²) in [4.78, 5) is 21.5. The van der Waals surface area contributed by atoms with E-state index in [0.29, 0.717) is 17.5 Å². The van der Waals surface area contributed by atoms with Crippen molar-refractivity contribution in [1.29, 1.82) is 0 Å². The maximum atomic E-state index is 5.86. The van der Waals surface area contributed by atoms with Crippen LogP contribution < -0.4 is 11.1 Å². The van der Waals surface area contributed by atoms with Crippen molar-refractivity contribution in [3.05, 3.63) is 48.2 Å². The van der Waals surface area contributed by atoms with Crippen LogP contribution in [0.5, 0.6) is 0 Å². The standard InChI is InChI=1S/C17H17N9S/c1-10-5-3-4-6-12(10)22-17-24-13(23-16(18)25-17)8-27-15-11-7-21-26(2)14(11)19-9-20-15/h3-7,9H,8H2,1-2H3,(H3,18,22,23,24,25). The van der Waals surface area contributed by atoms with Crippen LogP contribution in [0.1, 0.15) is 11.4 Å². The molecule has 0 aliphatic rings. The van der Waals surface area contributed by atoms with E-state index in [1.54, 1.807) is 10.9 Å². The van der Waals surface area contributed by atoms with E-state index in [2.05, 4.69) is 35.3 Å². The number of hydrogen-bond donors (Lipinski definition) is 2. The highest BCUT2D eigenvalue weighted by Crippen LogP contribution is 2.26. The van der Waals surface area contributed by atoms with Gasteiger partial charge in [0.2, 0.25) is 11.9 Å². The number of nitrogens with zero attached hydrogens (tertiary/aromatic N) is 7. The molecule has 0 spiro atoms. The number of rotatable bonds is 5. The van der Waals surface area contributed by atoms with E-state index >= 15 is 0 Å². The molecule has 0 saturated carbocycles. The number of aromatic nitrogens is 7. The minimum absolute atomic E-state index is 0.172. The van der Waals surface area contributed by atoms with Crippen molar-refractivity contribution in [2.45, 2.75) is 17.7 Å². The molecule has 1 aromatic carbocycles. The van der Waals surface area contributed by atoms with E-state index in [1.807, 2.05) is 38.2 Å². The number of nitrogens with one attached hydrogen (secondary N) is 1. The molecule has 0 radical (unpaired) electrons. The van der Waals surface area contributed by atoms with Gasteiger partial charge in [0.05, 0.1) is 17.3 Å². The lowest BCUT2D eigenvalue weighted by Crippen LogP contribution is -2.07. The third kappa shape index (κ3) is 3.65. The molecule has 10 heteroatoms. The zero-order valence-corrected chi connectivity index (χ0v) is 15.6. The quantitative estimate of drug-likeness (QED) is 0.398. The van der Waals surface area contributed by atoms with Gasteiger partial charge in [0.15, 0.2) is 5.65 Å². The molecule has 136 valence electrons. The molecule has 0 unspecified atom stereocenters. The Morgan fingerprint density at radius 2 is 2.00 bits per heavy atom.